The number of hydrogen-bond acceptors (Lipinski definition) is 8. The summed E-state index contributed by atoms with van der Waals surface area (Å²) < 4.78 is 0. The van der Waals surface area contributed by atoms with Gasteiger partial charge in [-0.1, -0.05) is 72.8 Å². The molecule has 0 aliphatic carbocycles. The van der Waals surface area contributed by atoms with E-state index >= 15 is 0 Å². The van der Waals surface area contributed by atoms with Crippen LogP contribution >= 0.6 is 0 Å². The monoisotopic (exact) mass is 560 g/mol. The normalized spacial score (nSPS) is 10.2. The van der Waals surface area contributed by atoms with E-state index in [-0.39, 0.29) is 11.5 Å². The smallest absolute Gasteiger partial charge is 0.311 e. The van der Waals surface area contributed by atoms with Crippen molar-refractivity contribution < 1.29 is 10.0 Å². The van der Waals surface area contributed by atoms with Gasteiger partial charge < -0.3 is 21.5 Å². The van der Waals surface area contributed by atoms with Crippen molar-refractivity contribution in [1.29, 1.82) is 0 Å². The first kappa shape index (κ1) is 29.4. The van der Waals surface area contributed by atoms with Crippen LogP contribution in [-0.4, -0.2) is 41.2 Å². The van der Waals surface area contributed by atoms with E-state index in [1.807, 2.05) is 73.8 Å². The predicted octanol–water partition coefficient (Wildman–Crippen LogP) is 6.99. The summed E-state index contributed by atoms with van der Waals surface area (Å²) in [6, 6.07) is 35.7. The first-order valence-electron chi connectivity index (χ1n) is 13.2. The maximum Gasteiger partial charge on any atom is 0.311 e. The second kappa shape index (κ2) is 13.7. The molecular weight excluding hydrogens is 528 g/mol. The zero-order chi connectivity index (χ0) is 30.1. The zero-order valence-electron chi connectivity index (χ0n) is 23.6. The minimum absolute atomic E-state index is 0.0259. The quantitative estimate of drug-likeness (QED) is 0.131. The van der Waals surface area contributed by atoms with Crippen LogP contribution in [-0.2, 0) is 0 Å². The summed E-state index contributed by atoms with van der Waals surface area (Å²) in [6.07, 6.45) is 0. The van der Waals surface area contributed by atoms with Gasteiger partial charge in [-0.15, -0.1) is 0 Å². The summed E-state index contributed by atoms with van der Waals surface area (Å²) in [5.74, 6) is 0.983. The largest absolute Gasteiger partial charge is 0.400 e. The number of nitrogens with two attached hydrogens (primary N) is 1. The second-order valence-corrected chi connectivity index (χ2v) is 9.08. The number of aliphatic hydroxyl groups excluding tert-OH is 1. The zero-order valence-corrected chi connectivity index (χ0v) is 23.6. The second-order valence-electron chi connectivity index (χ2n) is 9.08. The fraction of sp³-hybridized carbons (Fsp3) is 0.0909. The third-order valence-electron chi connectivity index (χ3n) is 6.56. The number of aliphatic hydroxyl groups is 1. The highest BCUT2D eigenvalue weighted by molar-refractivity contribution is 5.88. The van der Waals surface area contributed by atoms with Gasteiger partial charge in [-0.3, -0.25) is 10.1 Å². The van der Waals surface area contributed by atoms with Crippen LogP contribution < -0.4 is 16.4 Å². The van der Waals surface area contributed by atoms with Crippen LogP contribution in [0.5, 0.6) is 0 Å². The summed E-state index contributed by atoms with van der Waals surface area (Å²) >= 11 is 0. The fourth-order valence-electron chi connectivity index (χ4n) is 4.47. The maximum absolute atomic E-state index is 10.9. The number of aromatic nitrogens is 2. The van der Waals surface area contributed by atoms with Crippen molar-refractivity contribution in [3.05, 3.63) is 119 Å². The van der Waals surface area contributed by atoms with Crippen molar-refractivity contribution in [2.45, 2.75) is 0 Å². The Labute approximate surface area is 243 Å². The summed E-state index contributed by atoms with van der Waals surface area (Å²) in [5, 5.41) is 28.4. The molecule has 212 valence electrons. The van der Waals surface area contributed by atoms with E-state index in [0.29, 0.717) is 17.2 Å². The van der Waals surface area contributed by atoms with Crippen molar-refractivity contribution in [2.24, 2.45) is 0 Å². The molecule has 4 aromatic carbocycles. The Balaban J connectivity index is 0.000000183. The van der Waals surface area contributed by atoms with Gasteiger partial charge in [-0.2, -0.15) is 0 Å². The third-order valence-corrected chi connectivity index (χ3v) is 6.56. The molecule has 0 amide bonds. The van der Waals surface area contributed by atoms with Gasteiger partial charge in [0.15, 0.2) is 0 Å². The number of rotatable bonds is 5. The first-order valence-corrected chi connectivity index (χ1v) is 13.2. The fourth-order valence-corrected chi connectivity index (χ4v) is 4.47. The van der Waals surface area contributed by atoms with E-state index in [1.165, 1.54) is 16.8 Å². The summed E-state index contributed by atoms with van der Waals surface area (Å²) in [7, 11) is 4.45. The van der Waals surface area contributed by atoms with E-state index in [1.54, 1.807) is 13.1 Å². The topological polar surface area (TPSA) is 139 Å². The third kappa shape index (κ3) is 6.60. The Bertz CT molecular complexity index is 1840. The Hall–Kier alpha value is -5.54. The molecule has 0 spiro atoms. The van der Waals surface area contributed by atoms with E-state index in [9.17, 15) is 10.1 Å². The summed E-state index contributed by atoms with van der Waals surface area (Å²) in [4.78, 5) is 19.4. The van der Waals surface area contributed by atoms with E-state index < -0.39 is 4.92 Å². The molecule has 0 saturated heterocycles. The molecule has 0 aliphatic rings. The number of nitrogens with zero attached hydrogens (tertiary/aromatic N) is 3. The molecule has 2 aromatic heterocycles. The summed E-state index contributed by atoms with van der Waals surface area (Å²) in [6.45, 7) is 0. The molecule has 0 radical (unpaired) electrons. The van der Waals surface area contributed by atoms with Crippen LogP contribution in [0.2, 0.25) is 0 Å². The van der Waals surface area contributed by atoms with Crippen LogP contribution in [0.15, 0.2) is 109 Å². The predicted molar refractivity (Wildman–Crippen MR) is 173 cm³/mol. The number of fused-ring (bicyclic) bond motifs is 2. The van der Waals surface area contributed by atoms with Gasteiger partial charge in [-0.05, 0) is 51.9 Å². The van der Waals surface area contributed by atoms with Crippen molar-refractivity contribution in [1.82, 2.24) is 9.97 Å². The Morgan fingerprint density at radius 1 is 0.643 bits per heavy atom. The van der Waals surface area contributed by atoms with Gasteiger partial charge in [0.05, 0.1) is 22.0 Å². The van der Waals surface area contributed by atoms with Gasteiger partial charge >= 0.3 is 5.69 Å². The summed E-state index contributed by atoms with van der Waals surface area (Å²) in [5.41, 5.74) is 10.1. The highest BCUT2D eigenvalue weighted by Crippen LogP contribution is 2.29. The average Bonchev–Trinajstić information content (AvgIpc) is 3.05. The molecule has 0 fully saturated rings. The molecule has 9 nitrogen and oxygen atoms in total. The molecule has 42 heavy (non-hydrogen) atoms. The number of nitrogens with one attached hydrogen (secondary N) is 2. The number of benzene rings is 4. The van der Waals surface area contributed by atoms with Gasteiger partial charge in [0.25, 0.3) is 0 Å². The molecule has 5 N–H and O–H groups in total. The van der Waals surface area contributed by atoms with Crippen molar-refractivity contribution >= 4 is 44.6 Å². The SMILES string of the molecule is CNc1nc(-c2ccc3ccccc3c2)ccc1N.CNc1nc(-c2ccc3ccccc3c2)ccc1[N+](=O)[O-].CO. The lowest BCUT2D eigenvalue weighted by molar-refractivity contribution is -0.384. The number of nitrogen functional groups attached to an aromatic ring is 1. The van der Waals surface area contributed by atoms with Crippen LogP contribution in [0.25, 0.3) is 44.1 Å². The lowest BCUT2D eigenvalue weighted by atomic mass is 10.0. The van der Waals surface area contributed by atoms with Crippen molar-refractivity contribution in [3.63, 3.8) is 0 Å². The molecule has 0 bridgehead atoms. The Kier molecular flexibility index (Phi) is 9.60. The van der Waals surface area contributed by atoms with Crippen LogP contribution in [0.4, 0.5) is 23.0 Å². The van der Waals surface area contributed by atoms with Crippen LogP contribution in [0.1, 0.15) is 0 Å². The maximum atomic E-state index is 10.9. The first-order chi connectivity index (χ1) is 20.5. The molecule has 6 rings (SSSR count). The molecule has 6 aromatic rings. The van der Waals surface area contributed by atoms with E-state index in [0.717, 1.165) is 34.7 Å². The molecule has 9 heteroatoms. The van der Waals surface area contributed by atoms with Gasteiger partial charge in [0.1, 0.15) is 5.82 Å². The van der Waals surface area contributed by atoms with Gasteiger partial charge in [-0.25, -0.2) is 9.97 Å². The van der Waals surface area contributed by atoms with Crippen LogP contribution in [0.3, 0.4) is 0 Å². The van der Waals surface area contributed by atoms with Crippen molar-refractivity contribution in [3.8, 4) is 22.5 Å². The van der Waals surface area contributed by atoms with Crippen molar-refractivity contribution in [2.75, 3.05) is 37.6 Å². The molecule has 0 aliphatic heterocycles. The molecule has 2 heterocycles. The van der Waals surface area contributed by atoms with Gasteiger partial charge in [0, 0.05) is 38.4 Å². The Morgan fingerprint density at radius 2 is 1.10 bits per heavy atom. The van der Waals surface area contributed by atoms with Crippen LogP contribution in [0, 0.1) is 10.1 Å². The number of nitro groups is 1. The molecule has 0 unspecified atom stereocenters. The number of pyridine rings is 2. The molecule has 0 saturated carbocycles. The highest BCUT2D eigenvalue weighted by atomic mass is 16.6. The average molecular weight is 561 g/mol. The minimum atomic E-state index is -0.441. The standard InChI is InChI=1S/C16H13N3O2.C16H15N3.CH4O/c1-17-16-15(19(20)21)9-8-14(18-16)13-7-6-11-4-2-3-5-12(11)10-13;1-18-16-14(17)8-9-15(19-16)13-7-6-11-4-2-3-5-12(11)10-13;1-2/h2-10H,1H3,(H,17,18);2-10H,17H2,1H3,(H,18,19);2H,1H3. The number of anilines is 3. The van der Waals surface area contributed by atoms with E-state index in [4.69, 9.17) is 10.8 Å². The lowest BCUT2D eigenvalue weighted by Crippen LogP contribution is -2.00. The van der Waals surface area contributed by atoms with E-state index in [2.05, 4.69) is 50.9 Å². The number of hydrogen-bond donors (Lipinski definition) is 4. The van der Waals surface area contributed by atoms with Gasteiger partial charge in [0.2, 0.25) is 5.82 Å². The Morgan fingerprint density at radius 3 is 1.57 bits per heavy atom. The lowest BCUT2D eigenvalue weighted by Gasteiger charge is -2.08. The molecular formula is C33H32N6O3. The minimum Gasteiger partial charge on any atom is -0.400 e. The highest BCUT2D eigenvalue weighted by Gasteiger charge is 2.15. The molecule has 0 atom stereocenters.